The van der Waals surface area contributed by atoms with Crippen LogP contribution >= 0.6 is 15.9 Å². The molecule has 0 radical (unpaired) electrons. The molecule has 1 N–H and O–H groups in total. The van der Waals surface area contributed by atoms with Crippen LogP contribution in [0.3, 0.4) is 0 Å². The van der Waals surface area contributed by atoms with E-state index in [9.17, 15) is 5.11 Å². The highest BCUT2D eigenvalue weighted by molar-refractivity contribution is 9.10. The van der Waals surface area contributed by atoms with E-state index >= 15 is 0 Å². The van der Waals surface area contributed by atoms with Gasteiger partial charge in [0, 0.05) is 28.7 Å². The number of phenols is 1. The molecule has 0 bridgehead atoms. The first kappa shape index (κ1) is 18.5. The number of hydrogen-bond acceptors (Lipinski definition) is 4. The molecule has 0 aliphatic rings. The van der Waals surface area contributed by atoms with Crippen LogP contribution < -0.4 is 9.47 Å². The predicted octanol–water partition coefficient (Wildman–Crippen LogP) is 4.96. The standard InChI is InChI=1S/C21H22BrNO3/c1-23(12-15-10-16(22)6-9-21(15)26-3)13-19-18-11-17(25-2)7-4-14(18)5-8-20(19)24/h4-11,24H,12-13H2,1-3H3. The van der Waals surface area contributed by atoms with E-state index in [1.165, 1.54) is 0 Å². The van der Waals surface area contributed by atoms with Crippen LogP contribution in [0, 0.1) is 0 Å². The smallest absolute Gasteiger partial charge is 0.123 e. The second kappa shape index (κ2) is 7.98. The second-order valence-corrected chi connectivity index (χ2v) is 7.19. The summed E-state index contributed by atoms with van der Waals surface area (Å²) < 4.78 is 11.8. The molecule has 0 atom stereocenters. The Kier molecular flexibility index (Phi) is 5.69. The molecule has 0 spiro atoms. The summed E-state index contributed by atoms with van der Waals surface area (Å²) in [6.07, 6.45) is 0. The quantitative estimate of drug-likeness (QED) is 0.617. The van der Waals surface area contributed by atoms with E-state index in [-0.39, 0.29) is 0 Å². The van der Waals surface area contributed by atoms with Crippen LogP contribution in [0.25, 0.3) is 10.8 Å². The van der Waals surface area contributed by atoms with Crippen molar-refractivity contribution < 1.29 is 14.6 Å². The largest absolute Gasteiger partial charge is 0.508 e. The zero-order valence-corrected chi connectivity index (χ0v) is 16.7. The molecule has 0 saturated carbocycles. The lowest BCUT2D eigenvalue weighted by molar-refractivity contribution is 0.306. The third-order valence-corrected chi connectivity index (χ3v) is 4.92. The first-order chi connectivity index (χ1) is 12.5. The van der Waals surface area contributed by atoms with E-state index in [1.807, 2.05) is 43.4 Å². The Bertz CT molecular complexity index is 927. The maximum atomic E-state index is 10.4. The monoisotopic (exact) mass is 415 g/mol. The van der Waals surface area contributed by atoms with Gasteiger partial charge >= 0.3 is 0 Å². The lowest BCUT2D eigenvalue weighted by Crippen LogP contribution is -2.18. The number of methoxy groups -OCH3 is 2. The molecule has 136 valence electrons. The molecular formula is C21H22BrNO3. The van der Waals surface area contributed by atoms with E-state index in [1.54, 1.807) is 20.3 Å². The average Bonchev–Trinajstić information content (AvgIpc) is 2.64. The minimum Gasteiger partial charge on any atom is -0.508 e. The Morgan fingerprint density at radius 1 is 0.962 bits per heavy atom. The molecule has 0 fully saturated rings. The van der Waals surface area contributed by atoms with Gasteiger partial charge in [0.2, 0.25) is 0 Å². The van der Waals surface area contributed by atoms with Crippen LogP contribution in [0.1, 0.15) is 11.1 Å². The lowest BCUT2D eigenvalue weighted by Gasteiger charge is -2.20. The van der Waals surface area contributed by atoms with E-state index < -0.39 is 0 Å². The molecule has 0 amide bonds. The van der Waals surface area contributed by atoms with Crippen molar-refractivity contribution in [2.45, 2.75) is 13.1 Å². The van der Waals surface area contributed by atoms with Gasteiger partial charge in [-0.15, -0.1) is 0 Å². The number of aromatic hydroxyl groups is 1. The summed E-state index contributed by atoms with van der Waals surface area (Å²) >= 11 is 3.51. The number of nitrogens with zero attached hydrogens (tertiary/aromatic N) is 1. The molecule has 3 aromatic carbocycles. The number of hydrogen-bond donors (Lipinski definition) is 1. The number of rotatable bonds is 6. The Balaban J connectivity index is 1.91. The predicted molar refractivity (Wildman–Crippen MR) is 108 cm³/mol. The Morgan fingerprint density at radius 2 is 1.73 bits per heavy atom. The van der Waals surface area contributed by atoms with Gasteiger partial charge in [-0.3, -0.25) is 4.90 Å². The summed E-state index contributed by atoms with van der Waals surface area (Å²) in [5.41, 5.74) is 1.97. The minimum absolute atomic E-state index is 0.291. The summed E-state index contributed by atoms with van der Waals surface area (Å²) in [5, 5.41) is 12.5. The van der Waals surface area contributed by atoms with E-state index in [4.69, 9.17) is 9.47 Å². The molecule has 0 saturated heterocycles. The third kappa shape index (κ3) is 3.94. The van der Waals surface area contributed by atoms with Crippen molar-refractivity contribution in [3.05, 3.63) is 64.1 Å². The first-order valence-electron chi connectivity index (χ1n) is 8.31. The van der Waals surface area contributed by atoms with Crippen molar-refractivity contribution in [2.75, 3.05) is 21.3 Å². The van der Waals surface area contributed by atoms with Crippen molar-refractivity contribution in [1.29, 1.82) is 0 Å². The van der Waals surface area contributed by atoms with Gasteiger partial charge in [-0.05, 0) is 54.2 Å². The van der Waals surface area contributed by atoms with Crippen LogP contribution in [0.15, 0.2) is 53.0 Å². The molecule has 5 heteroatoms. The molecule has 0 aliphatic carbocycles. The van der Waals surface area contributed by atoms with Gasteiger partial charge in [0.25, 0.3) is 0 Å². The molecule has 26 heavy (non-hydrogen) atoms. The van der Waals surface area contributed by atoms with E-state index in [0.717, 1.165) is 37.9 Å². The topological polar surface area (TPSA) is 41.9 Å². The molecule has 0 heterocycles. The zero-order valence-electron chi connectivity index (χ0n) is 15.1. The number of halogens is 1. The van der Waals surface area contributed by atoms with Crippen LogP contribution in [-0.4, -0.2) is 31.3 Å². The van der Waals surface area contributed by atoms with Crippen LogP contribution in [-0.2, 0) is 13.1 Å². The van der Waals surface area contributed by atoms with Gasteiger partial charge in [0.05, 0.1) is 14.2 Å². The summed E-state index contributed by atoms with van der Waals surface area (Å²) in [6.45, 7) is 1.30. The second-order valence-electron chi connectivity index (χ2n) is 6.28. The highest BCUT2D eigenvalue weighted by Gasteiger charge is 2.13. The van der Waals surface area contributed by atoms with Gasteiger partial charge in [-0.25, -0.2) is 0 Å². The van der Waals surface area contributed by atoms with Crippen LogP contribution in [0.5, 0.6) is 17.2 Å². The number of fused-ring (bicyclic) bond motifs is 1. The van der Waals surface area contributed by atoms with E-state index in [2.05, 4.69) is 26.9 Å². The Hall–Kier alpha value is -2.24. The molecule has 0 unspecified atom stereocenters. The summed E-state index contributed by atoms with van der Waals surface area (Å²) in [6, 6.07) is 15.5. The molecule has 0 aliphatic heterocycles. The Labute approximate surface area is 162 Å². The lowest BCUT2D eigenvalue weighted by atomic mass is 10.0. The fourth-order valence-electron chi connectivity index (χ4n) is 3.13. The van der Waals surface area contributed by atoms with Gasteiger partial charge in [0.15, 0.2) is 0 Å². The molecule has 3 aromatic rings. The molecule has 4 nitrogen and oxygen atoms in total. The highest BCUT2D eigenvalue weighted by atomic mass is 79.9. The van der Waals surface area contributed by atoms with Crippen LogP contribution in [0.2, 0.25) is 0 Å². The average molecular weight is 416 g/mol. The van der Waals surface area contributed by atoms with Crippen molar-refractivity contribution in [3.63, 3.8) is 0 Å². The van der Waals surface area contributed by atoms with Crippen molar-refractivity contribution in [2.24, 2.45) is 0 Å². The molecule has 3 rings (SSSR count). The van der Waals surface area contributed by atoms with Crippen molar-refractivity contribution in [3.8, 4) is 17.2 Å². The van der Waals surface area contributed by atoms with Gasteiger partial charge < -0.3 is 14.6 Å². The van der Waals surface area contributed by atoms with Crippen molar-refractivity contribution in [1.82, 2.24) is 4.90 Å². The summed E-state index contributed by atoms with van der Waals surface area (Å²) in [4.78, 5) is 2.15. The van der Waals surface area contributed by atoms with Gasteiger partial charge in [-0.2, -0.15) is 0 Å². The minimum atomic E-state index is 0.291. The third-order valence-electron chi connectivity index (χ3n) is 4.43. The van der Waals surface area contributed by atoms with E-state index in [0.29, 0.717) is 18.8 Å². The highest BCUT2D eigenvalue weighted by Crippen LogP contribution is 2.32. The van der Waals surface area contributed by atoms with Crippen LogP contribution in [0.4, 0.5) is 0 Å². The SMILES string of the molecule is COc1ccc2ccc(O)c(CN(C)Cc3cc(Br)ccc3OC)c2c1. The number of phenolic OH excluding ortho intramolecular Hbond substituents is 1. The van der Waals surface area contributed by atoms with Crippen molar-refractivity contribution >= 4 is 26.7 Å². The fraction of sp³-hybridized carbons (Fsp3) is 0.238. The zero-order chi connectivity index (χ0) is 18.7. The fourth-order valence-corrected chi connectivity index (χ4v) is 3.54. The van der Waals surface area contributed by atoms with Gasteiger partial charge in [-0.1, -0.05) is 28.1 Å². The maximum Gasteiger partial charge on any atom is 0.123 e. The maximum absolute atomic E-state index is 10.4. The summed E-state index contributed by atoms with van der Waals surface area (Å²) in [7, 11) is 5.35. The summed E-state index contributed by atoms with van der Waals surface area (Å²) in [5.74, 6) is 1.92. The first-order valence-corrected chi connectivity index (χ1v) is 9.10. The number of benzene rings is 3. The van der Waals surface area contributed by atoms with Gasteiger partial charge in [0.1, 0.15) is 17.2 Å². The molecule has 0 aromatic heterocycles. The number of ether oxygens (including phenoxy) is 2. The normalized spacial score (nSPS) is 11.1. The molecular weight excluding hydrogens is 394 g/mol. The Morgan fingerprint density at radius 3 is 2.46 bits per heavy atom.